The van der Waals surface area contributed by atoms with Crippen LogP contribution in [0.3, 0.4) is 0 Å². The van der Waals surface area contributed by atoms with Crippen LogP contribution in [-0.2, 0) is 6.18 Å². The summed E-state index contributed by atoms with van der Waals surface area (Å²) >= 11 is 0. The lowest BCUT2D eigenvalue weighted by Gasteiger charge is -2.40. The summed E-state index contributed by atoms with van der Waals surface area (Å²) in [5, 5.41) is 10.4. The molecular weight excluding hydrogens is 409 g/mol. The van der Waals surface area contributed by atoms with E-state index in [0.29, 0.717) is 23.0 Å². The zero-order valence-electron chi connectivity index (χ0n) is 16.5. The van der Waals surface area contributed by atoms with E-state index in [1.807, 2.05) is 12.3 Å². The summed E-state index contributed by atoms with van der Waals surface area (Å²) < 4.78 is 40.9. The quantitative estimate of drug-likeness (QED) is 0.522. The highest BCUT2D eigenvalue weighted by atomic mass is 19.4. The maximum absolute atomic E-state index is 13.2. The second-order valence-corrected chi connectivity index (χ2v) is 7.42. The largest absolute Gasteiger partial charge is 0.417 e. The maximum atomic E-state index is 13.2. The lowest BCUT2D eigenvalue weighted by atomic mass is 10.00. The molecule has 0 spiro atoms. The molecule has 1 fully saturated rings. The van der Waals surface area contributed by atoms with Crippen molar-refractivity contribution in [2.45, 2.75) is 25.2 Å². The van der Waals surface area contributed by atoms with Gasteiger partial charge in [0.05, 0.1) is 24.0 Å². The minimum atomic E-state index is -4.45. The molecule has 1 aliphatic heterocycles. The van der Waals surface area contributed by atoms with Crippen molar-refractivity contribution in [2.24, 2.45) is 0 Å². The van der Waals surface area contributed by atoms with Crippen molar-refractivity contribution < 1.29 is 13.2 Å². The van der Waals surface area contributed by atoms with Crippen molar-refractivity contribution in [3.63, 3.8) is 0 Å². The molecule has 11 heteroatoms. The predicted octanol–water partition coefficient (Wildman–Crippen LogP) is 3.07. The molecule has 1 aliphatic rings. The Labute approximate surface area is 175 Å². The van der Waals surface area contributed by atoms with Crippen LogP contribution in [0.4, 0.5) is 19.0 Å². The van der Waals surface area contributed by atoms with E-state index in [4.69, 9.17) is 0 Å². The van der Waals surface area contributed by atoms with Gasteiger partial charge in [-0.15, -0.1) is 0 Å². The number of imidazole rings is 1. The number of alkyl halides is 3. The first-order valence-electron chi connectivity index (χ1n) is 9.78. The van der Waals surface area contributed by atoms with Crippen LogP contribution in [0.25, 0.3) is 17.2 Å². The Morgan fingerprint density at radius 3 is 2.77 bits per heavy atom. The van der Waals surface area contributed by atoms with Crippen molar-refractivity contribution in [1.29, 1.82) is 0 Å². The summed E-state index contributed by atoms with van der Waals surface area (Å²) in [5.41, 5.74) is 1.09. The van der Waals surface area contributed by atoms with Gasteiger partial charge in [-0.2, -0.15) is 18.3 Å². The van der Waals surface area contributed by atoms with Crippen LogP contribution in [0.1, 0.15) is 24.1 Å². The SMILES string of the molecule is C[C@@H]1[C@H](c2cn[nH]c2)NCCN1c1ccnc(-c2cnc3ccc(C(F)(F)F)cn23)n1. The molecule has 5 heterocycles. The lowest BCUT2D eigenvalue weighted by molar-refractivity contribution is -0.137. The number of hydrogen-bond donors (Lipinski definition) is 2. The maximum Gasteiger partial charge on any atom is 0.417 e. The summed E-state index contributed by atoms with van der Waals surface area (Å²) in [7, 11) is 0. The molecule has 2 atom stereocenters. The zero-order chi connectivity index (χ0) is 21.6. The number of hydrogen-bond acceptors (Lipinski definition) is 6. The van der Waals surface area contributed by atoms with Gasteiger partial charge >= 0.3 is 6.18 Å². The number of aromatic nitrogens is 6. The molecule has 0 unspecified atom stereocenters. The Hall–Kier alpha value is -3.47. The number of fused-ring (bicyclic) bond motifs is 1. The monoisotopic (exact) mass is 428 g/mol. The molecule has 160 valence electrons. The third-order valence-corrected chi connectivity index (χ3v) is 5.57. The molecule has 0 amide bonds. The van der Waals surface area contributed by atoms with Crippen molar-refractivity contribution >= 4 is 11.5 Å². The smallest absolute Gasteiger partial charge is 0.351 e. The van der Waals surface area contributed by atoms with E-state index in [0.717, 1.165) is 30.9 Å². The number of nitrogens with one attached hydrogen (secondary N) is 2. The van der Waals surface area contributed by atoms with E-state index < -0.39 is 11.7 Å². The van der Waals surface area contributed by atoms with Gasteiger partial charge in [-0.25, -0.2) is 15.0 Å². The van der Waals surface area contributed by atoms with Gasteiger partial charge in [-0.05, 0) is 25.1 Å². The van der Waals surface area contributed by atoms with E-state index in [1.165, 1.54) is 16.7 Å². The molecule has 0 radical (unpaired) electrons. The number of pyridine rings is 1. The molecule has 0 bridgehead atoms. The molecule has 4 aromatic heterocycles. The molecule has 2 N–H and O–H groups in total. The summed E-state index contributed by atoms with van der Waals surface area (Å²) in [6, 6.07) is 4.30. The number of piperazine rings is 1. The molecule has 1 saturated heterocycles. The summed E-state index contributed by atoms with van der Waals surface area (Å²) in [6.07, 6.45) is 3.34. The second kappa shape index (κ2) is 7.34. The van der Waals surface area contributed by atoms with Crippen LogP contribution in [0.15, 0.2) is 49.2 Å². The zero-order valence-corrected chi connectivity index (χ0v) is 16.5. The first-order valence-corrected chi connectivity index (χ1v) is 9.78. The number of anilines is 1. The van der Waals surface area contributed by atoms with Crippen LogP contribution in [0.2, 0.25) is 0 Å². The third-order valence-electron chi connectivity index (χ3n) is 5.57. The minimum Gasteiger partial charge on any atom is -0.351 e. The summed E-state index contributed by atoms with van der Waals surface area (Å²) in [5.74, 6) is 1.02. The second-order valence-electron chi connectivity index (χ2n) is 7.42. The fourth-order valence-electron chi connectivity index (χ4n) is 3.99. The van der Waals surface area contributed by atoms with Crippen LogP contribution < -0.4 is 10.2 Å². The van der Waals surface area contributed by atoms with Gasteiger partial charge in [0.1, 0.15) is 17.2 Å². The van der Waals surface area contributed by atoms with E-state index >= 15 is 0 Å². The summed E-state index contributed by atoms with van der Waals surface area (Å²) in [4.78, 5) is 15.3. The Bertz CT molecular complexity index is 1200. The average Bonchev–Trinajstić information content (AvgIpc) is 3.43. The van der Waals surface area contributed by atoms with E-state index in [2.05, 4.69) is 42.3 Å². The molecule has 0 aliphatic carbocycles. The number of rotatable bonds is 3. The number of aromatic amines is 1. The molecule has 4 aromatic rings. The Morgan fingerprint density at radius 1 is 1.13 bits per heavy atom. The Kier molecular flexibility index (Phi) is 4.62. The van der Waals surface area contributed by atoms with Crippen LogP contribution >= 0.6 is 0 Å². The van der Waals surface area contributed by atoms with E-state index in [1.54, 1.807) is 12.4 Å². The lowest BCUT2D eigenvalue weighted by Crippen LogP contribution is -2.52. The van der Waals surface area contributed by atoms with Crippen molar-refractivity contribution in [3.8, 4) is 11.5 Å². The number of nitrogens with zero attached hydrogens (tertiary/aromatic N) is 6. The van der Waals surface area contributed by atoms with E-state index in [9.17, 15) is 13.2 Å². The number of H-pyrrole nitrogens is 1. The van der Waals surface area contributed by atoms with Crippen molar-refractivity contribution in [2.75, 3.05) is 18.0 Å². The molecular formula is C20H19F3N8. The average molecular weight is 428 g/mol. The highest BCUT2D eigenvalue weighted by molar-refractivity contribution is 5.59. The molecule has 8 nitrogen and oxygen atoms in total. The Balaban J connectivity index is 1.51. The topological polar surface area (TPSA) is 87.0 Å². The normalized spacial score (nSPS) is 19.8. The van der Waals surface area contributed by atoms with Gasteiger partial charge in [0.15, 0.2) is 5.82 Å². The van der Waals surface area contributed by atoms with Gasteiger partial charge in [0.2, 0.25) is 0 Å². The van der Waals surface area contributed by atoms with Gasteiger partial charge in [0.25, 0.3) is 0 Å². The molecule has 0 aromatic carbocycles. The minimum absolute atomic E-state index is 0.0658. The standard InChI is InChI=1S/C20H19F3N8/c1-12-18(13-8-27-28-9-13)24-6-7-30(12)17-4-5-25-19(29-17)15-10-26-16-3-2-14(11-31(15)16)20(21,22)23/h2-5,8-12,18,24H,6-7H2,1H3,(H,27,28)/t12-,18-/m1/s1. The fraction of sp³-hybridized carbons (Fsp3) is 0.300. The van der Waals surface area contributed by atoms with Gasteiger partial charge in [-0.1, -0.05) is 0 Å². The first kappa shape index (κ1) is 19.5. The first-order chi connectivity index (χ1) is 14.9. The van der Waals surface area contributed by atoms with Crippen molar-refractivity contribution in [1.82, 2.24) is 34.9 Å². The third kappa shape index (κ3) is 3.50. The highest BCUT2D eigenvalue weighted by Crippen LogP contribution is 2.31. The van der Waals surface area contributed by atoms with Crippen LogP contribution in [0, 0.1) is 0 Å². The van der Waals surface area contributed by atoms with Crippen molar-refractivity contribution in [3.05, 3.63) is 60.3 Å². The van der Waals surface area contributed by atoms with Gasteiger partial charge in [0, 0.05) is 43.3 Å². The Morgan fingerprint density at radius 2 is 2.00 bits per heavy atom. The predicted molar refractivity (Wildman–Crippen MR) is 107 cm³/mol. The molecule has 0 saturated carbocycles. The fourth-order valence-corrected chi connectivity index (χ4v) is 3.99. The van der Waals surface area contributed by atoms with Crippen LogP contribution in [0.5, 0.6) is 0 Å². The number of halogens is 3. The highest BCUT2D eigenvalue weighted by Gasteiger charge is 2.32. The molecule has 5 rings (SSSR count). The van der Waals surface area contributed by atoms with Gasteiger partial charge < -0.3 is 10.2 Å². The van der Waals surface area contributed by atoms with Gasteiger partial charge in [-0.3, -0.25) is 9.50 Å². The van der Waals surface area contributed by atoms with Crippen LogP contribution in [-0.4, -0.2) is 48.7 Å². The molecule has 31 heavy (non-hydrogen) atoms. The van der Waals surface area contributed by atoms with E-state index in [-0.39, 0.29) is 12.1 Å². The summed E-state index contributed by atoms with van der Waals surface area (Å²) in [6.45, 7) is 3.58.